The summed E-state index contributed by atoms with van der Waals surface area (Å²) < 4.78 is -3.99. The smallest absolute Gasteiger partial charge is 0.118 e. The van der Waals surface area contributed by atoms with Gasteiger partial charge in [0.05, 0.1) is 15.4 Å². The summed E-state index contributed by atoms with van der Waals surface area (Å²) >= 11 is 70.7. The lowest BCUT2D eigenvalue weighted by Gasteiger charge is -2.49. The van der Waals surface area contributed by atoms with E-state index < -0.39 is 33.5 Å². The van der Waals surface area contributed by atoms with Crippen LogP contribution in [0.5, 0.6) is 0 Å². The predicted octanol–water partition coefficient (Wildman–Crippen LogP) is 6.97. The van der Waals surface area contributed by atoms with Gasteiger partial charge in [-0.15, -0.1) is 58.0 Å². The molecule has 2 fully saturated rings. The van der Waals surface area contributed by atoms with Crippen LogP contribution < -0.4 is 0 Å². The van der Waals surface area contributed by atoms with Gasteiger partial charge in [-0.3, -0.25) is 0 Å². The molecule has 2 saturated carbocycles. The second kappa shape index (κ2) is 4.61. The first-order valence-corrected chi connectivity index (χ1v) is 9.61. The van der Waals surface area contributed by atoms with Crippen LogP contribution >= 0.6 is 128 Å². The average molecular weight is 513 g/mol. The summed E-state index contributed by atoms with van der Waals surface area (Å²) in [7, 11) is 0. The van der Waals surface area contributed by atoms with Crippen LogP contribution in [0, 0.1) is 0 Å². The summed E-state index contributed by atoms with van der Waals surface area (Å²) in [6.07, 6.45) is -0.0119. The Morgan fingerprint density at radius 1 is 0.762 bits per heavy atom. The van der Waals surface area contributed by atoms with Gasteiger partial charge in [0.2, 0.25) is 0 Å². The molecule has 0 unspecified atom stereocenters. The first-order chi connectivity index (χ1) is 9.18. The van der Waals surface area contributed by atoms with Gasteiger partial charge in [-0.2, -0.15) is 0 Å². The van der Waals surface area contributed by atoms with E-state index >= 15 is 0 Å². The molecule has 120 valence electrons. The molecule has 3 aliphatic rings. The topological polar surface area (TPSA) is 0 Å². The molecule has 0 radical (unpaired) electrons. The van der Waals surface area contributed by atoms with Crippen LogP contribution in [-0.2, 0) is 0 Å². The lowest BCUT2D eigenvalue weighted by Crippen LogP contribution is -2.65. The van der Waals surface area contributed by atoms with Crippen molar-refractivity contribution in [2.24, 2.45) is 0 Å². The Morgan fingerprint density at radius 3 is 1.67 bits per heavy atom. The van der Waals surface area contributed by atoms with E-state index in [4.69, 9.17) is 128 Å². The van der Waals surface area contributed by atoms with Crippen molar-refractivity contribution < 1.29 is 0 Å². The van der Waals surface area contributed by atoms with Crippen LogP contribution in [0.4, 0.5) is 0 Å². The molecule has 3 aliphatic carbocycles. The lowest BCUT2D eigenvalue weighted by atomic mass is 9.82. The van der Waals surface area contributed by atoms with E-state index in [-0.39, 0.29) is 16.5 Å². The van der Waals surface area contributed by atoms with E-state index in [1.807, 2.05) is 0 Å². The van der Waals surface area contributed by atoms with Gasteiger partial charge < -0.3 is 0 Å². The van der Waals surface area contributed by atoms with Gasteiger partial charge >= 0.3 is 0 Å². The van der Waals surface area contributed by atoms with Gasteiger partial charge in [-0.1, -0.05) is 69.6 Å². The number of alkyl halides is 9. The number of rotatable bonds is 0. The van der Waals surface area contributed by atoms with Crippen LogP contribution in [0.2, 0.25) is 0 Å². The minimum Gasteiger partial charge on any atom is -0.118 e. The van der Waals surface area contributed by atoms with Crippen LogP contribution in [0.25, 0.3) is 0 Å². The third-order valence-electron chi connectivity index (χ3n) is 4.52. The molecule has 0 nitrogen and oxygen atoms in total. The molecule has 0 N–H and O–H groups in total. The highest BCUT2D eigenvalue weighted by Crippen LogP contribution is 2.85. The zero-order chi connectivity index (χ0) is 16.4. The second-order valence-electron chi connectivity index (χ2n) is 5.34. The van der Waals surface area contributed by atoms with Gasteiger partial charge in [0, 0.05) is 0 Å². The van der Waals surface area contributed by atoms with Crippen LogP contribution in [-0.4, -0.2) is 33.5 Å². The summed E-state index contributed by atoms with van der Waals surface area (Å²) in [6, 6.07) is 0. The third-order valence-corrected chi connectivity index (χ3v) is 12.8. The van der Waals surface area contributed by atoms with Crippen LogP contribution in [0.1, 0.15) is 6.42 Å². The maximum absolute atomic E-state index is 6.73. The average Bonchev–Trinajstić information content (AvgIpc) is 2.69. The van der Waals surface area contributed by atoms with Crippen LogP contribution in [0.15, 0.2) is 10.1 Å². The fraction of sp³-hybridized carbons (Fsp3) is 0.800. The number of fused-ring (bicyclic) bond motifs is 5. The Bertz CT molecular complexity index is 584. The Morgan fingerprint density at radius 2 is 1.19 bits per heavy atom. The zero-order valence-corrected chi connectivity index (χ0v) is 17.8. The second-order valence-corrected chi connectivity index (χ2v) is 11.7. The van der Waals surface area contributed by atoms with Gasteiger partial charge in [0.15, 0.2) is 8.67 Å². The summed E-state index contributed by atoms with van der Waals surface area (Å²) in [4.78, 5) is -6.64. The summed E-state index contributed by atoms with van der Waals surface area (Å²) in [5.74, 6) is 0. The largest absolute Gasteiger partial charge is 0.175 e. The molecule has 0 spiro atoms. The van der Waals surface area contributed by atoms with E-state index in [9.17, 15) is 0 Å². The van der Waals surface area contributed by atoms with E-state index in [2.05, 4.69) is 0 Å². The maximum Gasteiger partial charge on any atom is 0.175 e. The SMILES string of the molecule is ClC1=C(Cl)[C@@]2(Cl)C[C@]1(Cl)[C@@]1(Cl)C(Cl)(Cl)C(Cl)(Cl)[C@@H](Cl)[C@@]12Cl. The highest BCUT2D eigenvalue weighted by Gasteiger charge is 2.96. The standard InChI is InChI=1S/C10H3Cl11/c11-2-3(12)6(15)1-5(2,14)7(16)4(13)8(17,18)10(20,21)9(6,7)19/h4H,1H2/t4-,5-,6+,7-,9-/m0/s1. The monoisotopic (exact) mass is 508 g/mol. The zero-order valence-electron chi connectivity index (χ0n) is 9.44. The molecule has 0 aliphatic heterocycles. The molecule has 2 bridgehead atoms. The molecule has 0 amide bonds. The van der Waals surface area contributed by atoms with Crippen molar-refractivity contribution in [1.29, 1.82) is 0 Å². The molecular formula is C10H3Cl11. The highest BCUT2D eigenvalue weighted by molar-refractivity contribution is 6.73. The molecule has 0 saturated heterocycles. The molecule has 3 rings (SSSR count). The Balaban J connectivity index is 2.45. The van der Waals surface area contributed by atoms with E-state index in [0.29, 0.717) is 0 Å². The summed E-state index contributed by atoms with van der Waals surface area (Å²) in [5.41, 5.74) is 0. The number of hydrogen-bond donors (Lipinski definition) is 0. The molecule has 0 aromatic rings. The summed E-state index contributed by atoms with van der Waals surface area (Å²) in [5, 5.41) is -1.21. The van der Waals surface area contributed by atoms with Crippen molar-refractivity contribution in [1.82, 2.24) is 0 Å². The maximum atomic E-state index is 6.73. The molecule has 0 heterocycles. The Hall–Kier alpha value is 2.93. The van der Waals surface area contributed by atoms with Gasteiger partial charge in [-0.05, 0) is 6.42 Å². The first kappa shape index (κ1) is 18.7. The van der Waals surface area contributed by atoms with Gasteiger partial charge in [-0.25, -0.2) is 0 Å². The van der Waals surface area contributed by atoms with E-state index in [1.165, 1.54) is 0 Å². The van der Waals surface area contributed by atoms with Crippen molar-refractivity contribution in [3.05, 3.63) is 10.1 Å². The normalized spacial score (nSPS) is 57.0. The Labute approximate surface area is 176 Å². The minimum atomic E-state index is -2.05. The van der Waals surface area contributed by atoms with E-state index in [1.54, 1.807) is 0 Å². The van der Waals surface area contributed by atoms with E-state index in [0.717, 1.165) is 0 Å². The Kier molecular flexibility index (Phi) is 4.10. The van der Waals surface area contributed by atoms with Crippen molar-refractivity contribution >= 4 is 128 Å². The third kappa shape index (κ3) is 1.50. The van der Waals surface area contributed by atoms with Gasteiger partial charge in [0.25, 0.3) is 0 Å². The molecule has 21 heavy (non-hydrogen) atoms. The van der Waals surface area contributed by atoms with Crippen molar-refractivity contribution in [2.45, 2.75) is 40.0 Å². The highest BCUT2D eigenvalue weighted by atomic mass is 35.5. The molecule has 0 aromatic heterocycles. The number of halogens is 11. The predicted molar refractivity (Wildman–Crippen MR) is 96.2 cm³/mol. The van der Waals surface area contributed by atoms with Crippen molar-refractivity contribution in [3.63, 3.8) is 0 Å². The van der Waals surface area contributed by atoms with Crippen molar-refractivity contribution in [2.75, 3.05) is 0 Å². The molecule has 11 heteroatoms. The fourth-order valence-corrected chi connectivity index (χ4v) is 9.49. The van der Waals surface area contributed by atoms with Crippen LogP contribution in [0.3, 0.4) is 0 Å². The molecule has 0 aromatic carbocycles. The minimum absolute atomic E-state index is 0.00711. The quantitative estimate of drug-likeness (QED) is 0.307. The molecular weight excluding hydrogens is 510 g/mol. The first-order valence-electron chi connectivity index (χ1n) is 5.39. The van der Waals surface area contributed by atoms with Gasteiger partial charge in [0.1, 0.15) is 19.5 Å². The number of hydrogen-bond acceptors (Lipinski definition) is 0. The summed E-state index contributed by atoms with van der Waals surface area (Å²) in [6.45, 7) is 0. The lowest BCUT2D eigenvalue weighted by molar-refractivity contribution is 0.440. The number of allylic oxidation sites excluding steroid dienone is 2. The molecule has 5 atom stereocenters. The van der Waals surface area contributed by atoms with Crippen molar-refractivity contribution in [3.8, 4) is 0 Å². The fourth-order valence-electron chi connectivity index (χ4n) is 3.45.